The largest absolute Gasteiger partial charge is 0.497 e. The van der Waals surface area contributed by atoms with Gasteiger partial charge in [0.15, 0.2) is 11.5 Å². The molecule has 10 heteroatoms. The van der Waals surface area contributed by atoms with E-state index < -0.39 is 0 Å². The van der Waals surface area contributed by atoms with Crippen molar-refractivity contribution in [2.45, 2.75) is 13.0 Å². The van der Waals surface area contributed by atoms with E-state index in [2.05, 4.69) is 15.3 Å². The van der Waals surface area contributed by atoms with Crippen LogP contribution in [0.15, 0.2) is 41.5 Å². The fourth-order valence-electron chi connectivity index (χ4n) is 3.61. The maximum absolute atomic E-state index is 13.0. The highest BCUT2D eigenvalue weighted by molar-refractivity contribution is 6.05. The van der Waals surface area contributed by atoms with Crippen LogP contribution >= 0.6 is 0 Å². The highest BCUT2D eigenvalue weighted by atomic mass is 16.5. The summed E-state index contributed by atoms with van der Waals surface area (Å²) in [5.41, 5.74) is 1.82. The van der Waals surface area contributed by atoms with Gasteiger partial charge in [0.2, 0.25) is 5.91 Å². The van der Waals surface area contributed by atoms with Gasteiger partial charge in [0.1, 0.15) is 22.5 Å². The molecule has 0 saturated heterocycles. The lowest BCUT2D eigenvalue weighted by Gasteiger charge is -2.12. The molecule has 1 amide bonds. The number of H-pyrrole nitrogens is 1. The molecule has 0 aliphatic rings. The van der Waals surface area contributed by atoms with Crippen molar-refractivity contribution in [3.63, 3.8) is 0 Å². The van der Waals surface area contributed by atoms with Crippen LogP contribution in [-0.2, 0) is 11.3 Å². The van der Waals surface area contributed by atoms with Crippen LogP contribution in [0.5, 0.6) is 23.0 Å². The predicted octanol–water partition coefficient (Wildman–Crippen LogP) is 2.94. The van der Waals surface area contributed by atoms with Crippen LogP contribution in [0.3, 0.4) is 0 Å². The summed E-state index contributed by atoms with van der Waals surface area (Å²) in [6.45, 7) is 0.161. The van der Waals surface area contributed by atoms with Gasteiger partial charge in [-0.05, 0) is 18.2 Å². The summed E-state index contributed by atoms with van der Waals surface area (Å²) in [5, 5.41) is 3.54. The molecule has 4 aromatic rings. The molecule has 0 aliphatic carbocycles. The summed E-state index contributed by atoms with van der Waals surface area (Å²) in [6, 6.07) is 8.63. The summed E-state index contributed by atoms with van der Waals surface area (Å²) in [7, 11) is 6.15. The number of carbonyl (C=O) groups excluding carboxylic acids is 1. The first kappa shape index (κ1) is 22.0. The molecule has 2 aromatic carbocycles. The topological polar surface area (TPSA) is 117 Å². The number of nitrogens with zero attached hydrogens (tertiary/aromatic N) is 2. The third-order valence-corrected chi connectivity index (χ3v) is 5.34. The van der Waals surface area contributed by atoms with Gasteiger partial charge < -0.3 is 29.2 Å². The number of aromatic amines is 1. The first-order valence-electron chi connectivity index (χ1n) is 10.1. The number of amides is 1. The molecular formula is C23H24N4O6. The van der Waals surface area contributed by atoms with E-state index >= 15 is 0 Å². The lowest BCUT2D eigenvalue weighted by Crippen LogP contribution is -2.23. The fraction of sp³-hybridized carbons (Fsp3) is 0.261. The number of methoxy groups -OCH3 is 4. The van der Waals surface area contributed by atoms with E-state index in [0.29, 0.717) is 45.2 Å². The molecule has 0 aliphatic heterocycles. The van der Waals surface area contributed by atoms with Crippen molar-refractivity contribution >= 4 is 33.5 Å². The number of hydrogen-bond donors (Lipinski definition) is 2. The zero-order valence-corrected chi connectivity index (χ0v) is 18.7. The average molecular weight is 452 g/mol. The van der Waals surface area contributed by atoms with Crippen LogP contribution in [0.25, 0.3) is 21.9 Å². The summed E-state index contributed by atoms with van der Waals surface area (Å²) >= 11 is 0. The smallest absolute Gasteiger partial charge is 0.277 e. The maximum atomic E-state index is 13.0. The van der Waals surface area contributed by atoms with Gasteiger partial charge in [0, 0.05) is 30.5 Å². The molecule has 0 radical (unpaired) electrons. The number of hydrogen-bond acceptors (Lipinski definition) is 7. The Balaban J connectivity index is 1.55. The number of anilines is 1. The quantitative estimate of drug-likeness (QED) is 0.422. The maximum Gasteiger partial charge on any atom is 0.277 e. The summed E-state index contributed by atoms with van der Waals surface area (Å²) in [6.07, 6.45) is 1.51. The number of nitrogens with one attached hydrogen (secondary N) is 2. The van der Waals surface area contributed by atoms with E-state index in [1.54, 1.807) is 51.7 Å². The number of aryl methyl sites for hydroxylation is 1. The molecule has 2 aromatic heterocycles. The van der Waals surface area contributed by atoms with Gasteiger partial charge in [-0.15, -0.1) is 0 Å². The average Bonchev–Trinajstić information content (AvgIpc) is 3.21. The zero-order valence-electron chi connectivity index (χ0n) is 18.7. The Morgan fingerprint density at radius 3 is 2.42 bits per heavy atom. The van der Waals surface area contributed by atoms with E-state index in [1.165, 1.54) is 18.0 Å². The molecule has 2 heterocycles. The van der Waals surface area contributed by atoms with Crippen molar-refractivity contribution in [3.8, 4) is 23.0 Å². The minimum Gasteiger partial charge on any atom is -0.497 e. The highest BCUT2D eigenvalue weighted by Gasteiger charge is 2.16. The minimum absolute atomic E-state index is 0.0736. The van der Waals surface area contributed by atoms with Crippen molar-refractivity contribution in [1.29, 1.82) is 0 Å². The molecule has 0 fully saturated rings. The first-order chi connectivity index (χ1) is 16.0. The molecule has 0 saturated carbocycles. The zero-order chi connectivity index (χ0) is 23.5. The molecule has 2 N–H and O–H groups in total. The monoisotopic (exact) mass is 452 g/mol. The summed E-state index contributed by atoms with van der Waals surface area (Å²) in [4.78, 5) is 33.1. The van der Waals surface area contributed by atoms with Crippen molar-refractivity contribution < 1.29 is 23.7 Å². The number of ether oxygens (including phenoxy) is 4. The normalized spacial score (nSPS) is 10.9. The van der Waals surface area contributed by atoms with Crippen molar-refractivity contribution in [1.82, 2.24) is 14.5 Å². The van der Waals surface area contributed by atoms with E-state index in [1.807, 2.05) is 0 Å². The van der Waals surface area contributed by atoms with Gasteiger partial charge in [-0.3, -0.25) is 14.2 Å². The van der Waals surface area contributed by atoms with E-state index in [9.17, 15) is 9.59 Å². The van der Waals surface area contributed by atoms with Gasteiger partial charge in [-0.1, -0.05) is 0 Å². The molecule has 10 nitrogen and oxygen atoms in total. The molecule has 172 valence electrons. The van der Waals surface area contributed by atoms with Crippen LogP contribution in [0.4, 0.5) is 5.69 Å². The molecule has 33 heavy (non-hydrogen) atoms. The molecule has 0 unspecified atom stereocenters. The Kier molecular flexibility index (Phi) is 6.07. The molecule has 4 rings (SSSR count). The predicted molar refractivity (Wildman–Crippen MR) is 124 cm³/mol. The lowest BCUT2D eigenvalue weighted by atomic mass is 10.2. The van der Waals surface area contributed by atoms with Crippen LogP contribution in [0, 0.1) is 0 Å². The second kappa shape index (κ2) is 9.11. The van der Waals surface area contributed by atoms with Crippen molar-refractivity contribution in [2.75, 3.05) is 33.8 Å². The second-order valence-corrected chi connectivity index (χ2v) is 7.21. The van der Waals surface area contributed by atoms with Crippen molar-refractivity contribution in [2.24, 2.45) is 0 Å². The lowest BCUT2D eigenvalue weighted by molar-refractivity contribution is -0.116. The molecule has 0 atom stereocenters. The van der Waals surface area contributed by atoms with Gasteiger partial charge in [-0.2, -0.15) is 0 Å². The Hall–Kier alpha value is -4.21. The second-order valence-electron chi connectivity index (χ2n) is 7.21. The number of carbonyl (C=O) groups is 1. The van der Waals surface area contributed by atoms with Gasteiger partial charge in [0.25, 0.3) is 5.56 Å². The van der Waals surface area contributed by atoms with E-state index in [-0.39, 0.29) is 24.4 Å². The Morgan fingerprint density at radius 1 is 1.00 bits per heavy atom. The Labute approximate surface area is 189 Å². The minimum atomic E-state index is -0.274. The van der Waals surface area contributed by atoms with Crippen LogP contribution in [0.1, 0.15) is 6.42 Å². The van der Waals surface area contributed by atoms with Crippen molar-refractivity contribution in [3.05, 3.63) is 47.0 Å². The molecule has 0 spiro atoms. The SMILES string of the molecule is COc1ccc(NC(=O)CCn2cnc3c([nH]c4cc(OC)c(OC)cc43)c2=O)c(OC)c1. The number of aromatic nitrogens is 3. The first-order valence-corrected chi connectivity index (χ1v) is 10.1. The van der Waals surface area contributed by atoms with Gasteiger partial charge in [0.05, 0.1) is 46.0 Å². The Bertz CT molecular complexity index is 1390. The highest BCUT2D eigenvalue weighted by Crippen LogP contribution is 2.34. The molecule has 0 bridgehead atoms. The molecular weight excluding hydrogens is 428 g/mol. The van der Waals surface area contributed by atoms with E-state index in [0.717, 1.165) is 5.39 Å². The van der Waals surface area contributed by atoms with Crippen LogP contribution in [0.2, 0.25) is 0 Å². The summed E-state index contributed by atoms with van der Waals surface area (Å²) < 4.78 is 22.5. The number of rotatable bonds is 8. The van der Waals surface area contributed by atoms with Gasteiger partial charge >= 0.3 is 0 Å². The fourth-order valence-corrected chi connectivity index (χ4v) is 3.61. The number of benzene rings is 2. The van der Waals surface area contributed by atoms with Crippen LogP contribution < -0.4 is 29.8 Å². The van der Waals surface area contributed by atoms with Gasteiger partial charge in [-0.25, -0.2) is 4.98 Å². The third kappa shape index (κ3) is 4.14. The Morgan fingerprint density at radius 2 is 1.73 bits per heavy atom. The van der Waals surface area contributed by atoms with E-state index in [4.69, 9.17) is 18.9 Å². The van der Waals surface area contributed by atoms with Crippen LogP contribution in [-0.4, -0.2) is 48.9 Å². The number of fused-ring (bicyclic) bond motifs is 3. The third-order valence-electron chi connectivity index (χ3n) is 5.34. The summed E-state index contributed by atoms with van der Waals surface area (Å²) in [5.74, 6) is 1.91. The standard InChI is InChI=1S/C23H24N4O6/c1-30-13-5-6-15(17(9-13)31-2)25-20(28)7-8-27-12-24-21-14-10-18(32-3)19(33-4)11-16(14)26-22(21)23(27)29/h5-6,9-12,26H,7-8H2,1-4H3,(H,25,28).